The van der Waals surface area contributed by atoms with Gasteiger partial charge in [0, 0.05) is 12.5 Å². The summed E-state index contributed by atoms with van der Waals surface area (Å²) in [6.07, 6.45) is 0.706. The molecule has 0 saturated heterocycles. The Balaban J connectivity index is 2.83. The van der Waals surface area contributed by atoms with Crippen LogP contribution in [0.4, 0.5) is 0 Å². The number of esters is 1. The maximum absolute atomic E-state index is 12.1. The molecule has 1 N–H and O–H groups in total. The zero-order chi connectivity index (χ0) is 14.6. The average Bonchev–Trinajstić information content (AvgIpc) is 2.68. The smallest absolute Gasteiger partial charge is 0.307 e. The van der Waals surface area contributed by atoms with Gasteiger partial charge in [-0.25, -0.2) is 4.98 Å². The number of nitrogens with zero attached hydrogens (tertiary/aromatic N) is 1. The normalized spacial score (nSPS) is 13.7. The summed E-state index contributed by atoms with van der Waals surface area (Å²) in [6, 6.07) is 0. The zero-order valence-electron chi connectivity index (χ0n) is 12.0. The first-order chi connectivity index (χ1) is 8.81. The second-order valence-corrected chi connectivity index (χ2v) is 4.77. The van der Waals surface area contributed by atoms with Gasteiger partial charge in [-0.05, 0) is 20.3 Å². The van der Waals surface area contributed by atoms with Crippen LogP contribution < -0.4 is 5.32 Å². The number of methoxy groups -OCH3 is 1. The number of nitrogens with one attached hydrogen (secondary N) is 1. The van der Waals surface area contributed by atoms with Crippen LogP contribution in [-0.4, -0.2) is 29.5 Å². The van der Waals surface area contributed by atoms with Gasteiger partial charge < -0.3 is 14.5 Å². The fraction of sp³-hybridized carbons (Fsp3) is 0.615. The molecule has 0 aliphatic carbocycles. The van der Waals surface area contributed by atoms with Gasteiger partial charge in [0.05, 0.1) is 19.2 Å². The van der Waals surface area contributed by atoms with E-state index in [9.17, 15) is 9.59 Å². The molecule has 0 aliphatic heterocycles. The van der Waals surface area contributed by atoms with Gasteiger partial charge in [0.1, 0.15) is 0 Å². The molecule has 6 heteroatoms. The molecule has 0 aromatic carbocycles. The predicted octanol–water partition coefficient (Wildman–Crippen LogP) is 1.75. The topological polar surface area (TPSA) is 81.4 Å². The van der Waals surface area contributed by atoms with Crippen LogP contribution in [0, 0.1) is 13.8 Å². The molecule has 0 radical (unpaired) electrons. The molecule has 6 nitrogen and oxygen atoms in total. The van der Waals surface area contributed by atoms with Crippen molar-refractivity contribution < 1.29 is 18.7 Å². The number of hydrogen-bond donors (Lipinski definition) is 1. The lowest BCUT2D eigenvalue weighted by Gasteiger charge is -2.28. The second-order valence-electron chi connectivity index (χ2n) is 4.77. The maximum Gasteiger partial charge on any atom is 0.307 e. The summed E-state index contributed by atoms with van der Waals surface area (Å²) in [4.78, 5) is 27.5. The van der Waals surface area contributed by atoms with Gasteiger partial charge in [-0.1, -0.05) is 6.92 Å². The summed E-state index contributed by atoms with van der Waals surface area (Å²) >= 11 is 0. The standard InChI is InChI=1S/C13H20N2O4/c1-6-13(4,7-10(16)18-5)15-12(17)11-8(2)14-9(3)19-11/h6-7H2,1-5H3,(H,15,17)/t13-/m1/s1. The third kappa shape index (κ3) is 3.81. The van der Waals surface area contributed by atoms with Gasteiger partial charge in [0.25, 0.3) is 5.91 Å². The lowest BCUT2D eigenvalue weighted by atomic mass is 9.94. The largest absolute Gasteiger partial charge is 0.469 e. The summed E-state index contributed by atoms with van der Waals surface area (Å²) in [5.41, 5.74) is -0.136. The van der Waals surface area contributed by atoms with Gasteiger partial charge in [0.15, 0.2) is 5.89 Å². The molecule has 1 atom stereocenters. The first-order valence-corrected chi connectivity index (χ1v) is 6.14. The highest BCUT2D eigenvalue weighted by Crippen LogP contribution is 2.17. The summed E-state index contributed by atoms with van der Waals surface area (Å²) in [5.74, 6) is -0.114. The number of carbonyl (C=O) groups is 2. The Hall–Kier alpha value is -1.85. The Morgan fingerprint density at radius 1 is 1.42 bits per heavy atom. The number of rotatable bonds is 5. The van der Waals surface area contributed by atoms with E-state index in [1.807, 2.05) is 6.92 Å². The molecule has 0 bridgehead atoms. The van der Waals surface area contributed by atoms with E-state index in [4.69, 9.17) is 4.42 Å². The molecule has 106 valence electrons. The minimum Gasteiger partial charge on any atom is -0.469 e. The van der Waals surface area contributed by atoms with Crippen LogP contribution in [0.5, 0.6) is 0 Å². The van der Waals surface area contributed by atoms with Gasteiger partial charge in [-0.2, -0.15) is 0 Å². The van der Waals surface area contributed by atoms with Crippen LogP contribution in [0.3, 0.4) is 0 Å². The summed E-state index contributed by atoms with van der Waals surface area (Å²) < 4.78 is 9.90. The van der Waals surface area contributed by atoms with Crippen molar-refractivity contribution in [2.75, 3.05) is 7.11 Å². The van der Waals surface area contributed by atoms with Crippen molar-refractivity contribution in [3.05, 3.63) is 17.3 Å². The quantitative estimate of drug-likeness (QED) is 0.823. The van der Waals surface area contributed by atoms with Gasteiger partial charge in [-0.15, -0.1) is 0 Å². The number of oxazole rings is 1. The zero-order valence-corrected chi connectivity index (χ0v) is 12.0. The summed E-state index contributed by atoms with van der Waals surface area (Å²) in [6.45, 7) is 7.06. The molecule has 1 amide bonds. The van der Waals surface area contributed by atoms with Gasteiger partial charge in [0.2, 0.25) is 5.76 Å². The van der Waals surface area contributed by atoms with Crippen molar-refractivity contribution in [2.24, 2.45) is 0 Å². The Bertz CT molecular complexity index is 481. The van der Waals surface area contributed by atoms with Crippen molar-refractivity contribution in [1.29, 1.82) is 0 Å². The molecule has 0 saturated carbocycles. The fourth-order valence-corrected chi connectivity index (χ4v) is 1.72. The molecule has 0 fully saturated rings. The van der Waals surface area contributed by atoms with E-state index in [1.54, 1.807) is 20.8 Å². The van der Waals surface area contributed by atoms with Crippen LogP contribution in [0.25, 0.3) is 0 Å². The molecule has 1 aromatic heterocycles. The van der Waals surface area contributed by atoms with Crippen LogP contribution in [0.2, 0.25) is 0 Å². The third-order valence-electron chi connectivity index (χ3n) is 3.07. The van der Waals surface area contributed by atoms with Crippen LogP contribution >= 0.6 is 0 Å². The van der Waals surface area contributed by atoms with E-state index in [-0.39, 0.29) is 24.1 Å². The average molecular weight is 268 g/mol. The monoisotopic (exact) mass is 268 g/mol. The SMILES string of the molecule is CC[C@](C)(CC(=O)OC)NC(=O)c1oc(C)nc1C. The highest BCUT2D eigenvalue weighted by molar-refractivity contribution is 5.93. The molecular formula is C13H20N2O4. The minimum absolute atomic E-state index is 0.109. The molecule has 1 heterocycles. The first kappa shape index (κ1) is 15.2. The Morgan fingerprint density at radius 3 is 2.47 bits per heavy atom. The Kier molecular flexibility index (Phi) is 4.69. The van der Waals surface area contributed by atoms with Crippen LogP contribution in [-0.2, 0) is 9.53 Å². The van der Waals surface area contributed by atoms with Crippen molar-refractivity contribution >= 4 is 11.9 Å². The summed E-state index contributed by atoms with van der Waals surface area (Å²) in [5, 5.41) is 2.81. The van der Waals surface area contributed by atoms with Crippen molar-refractivity contribution in [1.82, 2.24) is 10.3 Å². The van der Waals surface area contributed by atoms with E-state index in [2.05, 4.69) is 15.0 Å². The highest BCUT2D eigenvalue weighted by atomic mass is 16.5. The second kappa shape index (κ2) is 5.86. The number of amides is 1. The molecule has 19 heavy (non-hydrogen) atoms. The molecule has 0 aliphatic rings. The molecule has 0 unspecified atom stereocenters. The van der Waals surface area contributed by atoms with E-state index in [0.717, 1.165) is 0 Å². The molecule has 1 rings (SSSR count). The number of ether oxygens (including phenoxy) is 1. The summed E-state index contributed by atoms with van der Waals surface area (Å²) in [7, 11) is 1.32. The molecule has 0 spiro atoms. The first-order valence-electron chi connectivity index (χ1n) is 6.14. The fourth-order valence-electron chi connectivity index (χ4n) is 1.72. The van der Waals surface area contributed by atoms with Crippen LogP contribution in [0.15, 0.2) is 4.42 Å². The lowest BCUT2D eigenvalue weighted by molar-refractivity contribution is -0.142. The van der Waals surface area contributed by atoms with Gasteiger partial charge >= 0.3 is 5.97 Å². The molecular weight excluding hydrogens is 248 g/mol. The minimum atomic E-state index is -0.669. The van der Waals surface area contributed by atoms with Crippen molar-refractivity contribution in [3.63, 3.8) is 0 Å². The van der Waals surface area contributed by atoms with Gasteiger partial charge in [-0.3, -0.25) is 9.59 Å². The number of hydrogen-bond acceptors (Lipinski definition) is 5. The lowest BCUT2D eigenvalue weighted by Crippen LogP contribution is -2.47. The number of carbonyl (C=O) groups excluding carboxylic acids is 2. The van der Waals surface area contributed by atoms with E-state index < -0.39 is 5.54 Å². The predicted molar refractivity (Wildman–Crippen MR) is 68.8 cm³/mol. The van der Waals surface area contributed by atoms with E-state index in [1.165, 1.54) is 7.11 Å². The van der Waals surface area contributed by atoms with Crippen LogP contribution in [0.1, 0.15) is 48.8 Å². The third-order valence-corrected chi connectivity index (χ3v) is 3.07. The Morgan fingerprint density at radius 2 is 2.05 bits per heavy atom. The van der Waals surface area contributed by atoms with E-state index in [0.29, 0.717) is 18.0 Å². The number of aromatic nitrogens is 1. The Labute approximate surface area is 112 Å². The maximum atomic E-state index is 12.1. The highest BCUT2D eigenvalue weighted by Gasteiger charge is 2.30. The van der Waals surface area contributed by atoms with Crippen molar-refractivity contribution in [3.8, 4) is 0 Å². The van der Waals surface area contributed by atoms with E-state index >= 15 is 0 Å². The molecule has 1 aromatic rings. The van der Waals surface area contributed by atoms with Crippen molar-refractivity contribution in [2.45, 2.75) is 46.1 Å². The number of aryl methyl sites for hydroxylation is 2.